The molecule has 1 aliphatic carbocycles. The van der Waals surface area contributed by atoms with E-state index in [0.29, 0.717) is 12.6 Å². The maximum atomic E-state index is 13.7. The van der Waals surface area contributed by atoms with Crippen molar-refractivity contribution in [2.75, 3.05) is 6.61 Å². The third-order valence-electron chi connectivity index (χ3n) is 7.00. The van der Waals surface area contributed by atoms with Crippen molar-refractivity contribution in [3.63, 3.8) is 0 Å². The predicted octanol–water partition coefficient (Wildman–Crippen LogP) is 7.00. The third-order valence-corrected chi connectivity index (χ3v) is 7.00. The van der Waals surface area contributed by atoms with Gasteiger partial charge >= 0.3 is 0 Å². The van der Waals surface area contributed by atoms with Crippen LogP contribution in [0.4, 0.5) is 0 Å². The molecule has 0 unspecified atom stereocenters. The van der Waals surface area contributed by atoms with E-state index >= 15 is 0 Å². The standard InChI is InChI=1S/C30H38N2O2/c1-3-4-21-34-29-18-16-25(17-19-29)30(33)32(27-13-6-5-7-14-27)23-28-15-10-20-31(28)22-26-12-9-8-11-24(26)2/h8-12,15-20,27H,3-7,13-14,21-23H2,1-2H3. The van der Waals surface area contributed by atoms with Gasteiger partial charge in [-0.05, 0) is 73.7 Å². The molecule has 0 atom stereocenters. The second-order valence-corrected chi connectivity index (χ2v) is 9.51. The highest BCUT2D eigenvalue weighted by Crippen LogP contribution is 2.27. The smallest absolute Gasteiger partial charge is 0.254 e. The molecule has 1 heterocycles. The molecule has 0 radical (unpaired) electrons. The fourth-order valence-corrected chi connectivity index (χ4v) is 4.85. The van der Waals surface area contributed by atoms with Gasteiger partial charge in [0, 0.05) is 30.0 Å². The Labute approximate surface area is 204 Å². The number of ether oxygens (including phenoxy) is 1. The van der Waals surface area contributed by atoms with Crippen LogP contribution in [0.2, 0.25) is 0 Å². The molecule has 0 spiro atoms. The maximum absolute atomic E-state index is 13.7. The predicted molar refractivity (Wildman–Crippen MR) is 138 cm³/mol. The second kappa shape index (κ2) is 11.9. The van der Waals surface area contributed by atoms with Crippen molar-refractivity contribution in [1.82, 2.24) is 9.47 Å². The summed E-state index contributed by atoms with van der Waals surface area (Å²) in [7, 11) is 0. The minimum Gasteiger partial charge on any atom is -0.494 e. The van der Waals surface area contributed by atoms with Crippen LogP contribution in [0.3, 0.4) is 0 Å². The molecule has 0 saturated heterocycles. The first kappa shape index (κ1) is 24.1. The van der Waals surface area contributed by atoms with Crippen molar-refractivity contribution in [2.24, 2.45) is 0 Å². The van der Waals surface area contributed by atoms with E-state index in [1.165, 1.54) is 36.1 Å². The van der Waals surface area contributed by atoms with Crippen LogP contribution in [0.5, 0.6) is 5.75 Å². The summed E-state index contributed by atoms with van der Waals surface area (Å²) < 4.78 is 8.08. The number of unbranched alkanes of at least 4 members (excludes halogenated alkanes) is 1. The van der Waals surface area contributed by atoms with E-state index in [9.17, 15) is 4.79 Å². The lowest BCUT2D eigenvalue weighted by Crippen LogP contribution is -2.41. The molecule has 180 valence electrons. The summed E-state index contributed by atoms with van der Waals surface area (Å²) in [6, 6.07) is 20.8. The van der Waals surface area contributed by atoms with E-state index in [1.807, 2.05) is 24.3 Å². The van der Waals surface area contributed by atoms with Crippen molar-refractivity contribution >= 4 is 5.91 Å². The summed E-state index contributed by atoms with van der Waals surface area (Å²) >= 11 is 0. The topological polar surface area (TPSA) is 34.5 Å². The Hall–Kier alpha value is -3.01. The first-order chi connectivity index (χ1) is 16.7. The summed E-state index contributed by atoms with van der Waals surface area (Å²) in [5.41, 5.74) is 4.53. The SMILES string of the molecule is CCCCOc1ccc(C(=O)N(Cc2cccn2Cc2ccccc2C)C2CCCCC2)cc1. The number of amides is 1. The van der Waals surface area contributed by atoms with Gasteiger partial charge in [0.1, 0.15) is 5.75 Å². The highest BCUT2D eigenvalue weighted by atomic mass is 16.5. The third kappa shape index (κ3) is 6.11. The van der Waals surface area contributed by atoms with Crippen LogP contribution < -0.4 is 4.74 Å². The fraction of sp³-hybridized carbons (Fsp3) is 0.433. The van der Waals surface area contributed by atoms with Crippen LogP contribution in [-0.2, 0) is 13.1 Å². The van der Waals surface area contributed by atoms with E-state index in [0.717, 1.165) is 50.1 Å². The molecule has 4 rings (SSSR count). The molecule has 0 N–H and O–H groups in total. The molecule has 0 aliphatic heterocycles. The lowest BCUT2D eigenvalue weighted by atomic mass is 9.93. The van der Waals surface area contributed by atoms with Gasteiger partial charge in [-0.25, -0.2) is 0 Å². The summed E-state index contributed by atoms with van der Waals surface area (Å²) in [5, 5.41) is 0. The number of hydrogen-bond acceptors (Lipinski definition) is 2. The van der Waals surface area contributed by atoms with E-state index in [-0.39, 0.29) is 5.91 Å². The number of hydrogen-bond donors (Lipinski definition) is 0. The molecular formula is C30H38N2O2. The van der Waals surface area contributed by atoms with E-state index in [2.05, 4.69) is 65.9 Å². The van der Waals surface area contributed by atoms with E-state index in [4.69, 9.17) is 4.74 Å². The Morgan fingerprint density at radius 2 is 1.76 bits per heavy atom. The minimum atomic E-state index is 0.121. The Morgan fingerprint density at radius 1 is 1.00 bits per heavy atom. The average molecular weight is 459 g/mol. The molecule has 3 aromatic rings. The molecule has 1 aromatic heterocycles. The number of nitrogens with zero attached hydrogens (tertiary/aromatic N) is 2. The minimum absolute atomic E-state index is 0.121. The number of rotatable bonds is 10. The summed E-state index contributed by atoms with van der Waals surface area (Å²) in [6.45, 7) is 6.49. The van der Waals surface area contributed by atoms with Crippen molar-refractivity contribution in [1.29, 1.82) is 0 Å². The summed E-state index contributed by atoms with van der Waals surface area (Å²) in [4.78, 5) is 15.9. The van der Waals surface area contributed by atoms with Crippen molar-refractivity contribution in [2.45, 2.75) is 77.9 Å². The molecule has 2 aromatic carbocycles. The van der Waals surface area contributed by atoms with Gasteiger partial charge in [-0.2, -0.15) is 0 Å². The monoisotopic (exact) mass is 458 g/mol. The Kier molecular flexibility index (Phi) is 8.46. The van der Waals surface area contributed by atoms with Crippen molar-refractivity contribution in [3.05, 3.63) is 89.2 Å². The quantitative estimate of drug-likeness (QED) is 0.307. The van der Waals surface area contributed by atoms with Crippen LogP contribution in [0.25, 0.3) is 0 Å². The molecule has 1 aliphatic rings. The molecule has 4 heteroatoms. The van der Waals surface area contributed by atoms with Crippen molar-refractivity contribution in [3.8, 4) is 5.75 Å². The Morgan fingerprint density at radius 3 is 2.50 bits per heavy atom. The molecule has 1 amide bonds. The maximum Gasteiger partial charge on any atom is 0.254 e. The van der Waals surface area contributed by atoms with Crippen molar-refractivity contribution < 1.29 is 9.53 Å². The number of aromatic nitrogens is 1. The highest BCUT2D eigenvalue weighted by molar-refractivity contribution is 5.94. The number of benzene rings is 2. The first-order valence-corrected chi connectivity index (χ1v) is 12.9. The number of aryl methyl sites for hydroxylation is 1. The van der Waals surface area contributed by atoms with Gasteiger partial charge in [-0.1, -0.05) is 56.9 Å². The fourth-order valence-electron chi connectivity index (χ4n) is 4.85. The average Bonchev–Trinajstić information content (AvgIpc) is 3.31. The van der Waals surface area contributed by atoms with Crippen LogP contribution in [0.1, 0.15) is 79.0 Å². The zero-order chi connectivity index (χ0) is 23.8. The summed E-state index contributed by atoms with van der Waals surface area (Å²) in [5.74, 6) is 0.956. The number of carbonyl (C=O) groups excluding carboxylic acids is 1. The van der Waals surface area contributed by atoms with Gasteiger partial charge < -0.3 is 14.2 Å². The van der Waals surface area contributed by atoms with Gasteiger partial charge in [-0.3, -0.25) is 4.79 Å². The van der Waals surface area contributed by atoms with E-state index in [1.54, 1.807) is 0 Å². The largest absolute Gasteiger partial charge is 0.494 e. The van der Waals surface area contributed by atoms with Gasteiger partial charge in [0.15, 0.2) is 0 Å². The van der Waals surface area contributed by atoms with Gasteiger partial charge in [0.05, 0.1) is 13.2 Å². The summed E-state index contributed by atoms with van der Waals surface area (Å²) in [6.07, 6.45) is 10.1. The normalized spacial score (nSPS) is 14.2. The number of carbonyl (C=O) groups is 1. The van der Waals surface area contributed by atoms with Crippen LogP contribution in [0.15, 0.2) is 66.9 Å². The Bertz CT molecular complexity index is 1050. The molecule has 34 heavy (non-hydrogen) atoms. The van der Waals surface area contributed by atoms with Gasteiger partial charge in [0.2, 0.25) is 0 Å². The van der Waals surface area contributed by atoms with Crippen LogP contribution in [-0.4, -0.2) is 28.0 Å². The second-order valence-electron chi connectivity index (χ2n) is 9.51. The lowest BCUT2D eigenvalue weighted by Gasteiger charge is -2.35. The van der Waals surface area contributed by atoms with E-state index < -0.39 is 0 Å². The van der Waals surface area contributed by atoms with Gasteiger partial charge in [0.25, 0.3) is 5.91 Å². The zero-order valence-corrected chi connectivity index (χ0v) is 20.7. The van der Waals surface area contributed by atoms with Crippen LogP contribution >= 0.6 is 0 Å². The highest BCUT2D eigenvalue weighted by Gasteiger charge is 2.27. The molecule has 4 nitrogen and oxygen atoms in total. The molecular weight excluding hydrogens is 420 g/mol. The molecule has 1 saturated carbocycles. The van der Waals surface area contributed by atoms with Gasteiger partial charge in [-0.15, -0.1) is 0 Å². The first-order valence-electron chi connectivity index (χ1n) is 12.9. The molecule has 0 bridgehead atoms. The lowest BCUT2D eigenvalue weighted by molar-refractivity contribution is 0.0608. The molecule has 1 fully saturated rings. The van der Waals surface area contributed by atoms with Crippen LogP contribution in [0, 0.1) is 6.92 Å². The zero-order valence-electron chi connectivity index (χ0n) is 20.7. The Balaban J connectivity index is 1.53.